The van der Waals surface area contributed by atoms with Gasteiger partial charge in [0.1, 0.15) is 0 Å². The van der Waals surface area contributed by atoms with Crippen LogP contribution in [0.3, 0.4) is 0 Å². The first kappa shape index (κ1) is 10.4. The van der Waals surface area contributed by atoms with Crippen molar-refractivity contribution in [3.8, 4) is 0 Å². The Bertz CT molecular complexity index is 125. The molecule has 0 saturated carbocycles. The molecule has 1 unspecified atom stereocenters. The molecular formula is C7H17N3O. The van der Waals surface area contributed by atoms with Crippen LogP contribution in [0.15, 0.2) is 0 Å². The van der Waals surface area contributed by atoms with Crippen molar-refractivity contribution in [1.29, 1.82) is 0 Å². The number of primary amides is 1. The van der Waals surface area contributed by atoms with Gasteiger partial charge in [-0.3, -0.25) is 4.79 Å². The molecular weight excluding hydrogens is 142 g/mol. The first-order valence-corrected chi connectivity index (χ1v) is 3.83. The minimum atomic E-state index is -0.329. The van der Waals surface area contributed by atoms with Gasteiger partial charge in [-0.2, -0.15) is 0 Å². The average Bonchev–Trinajstić information content (AvgIpc) is 1.86. The Balaban J connectivity index is 3.79. The van der Waals surface area contributed by atoms with Crippen LogP contribution < -0.4 is 16.8 Å². The van der Waals surface area contributed by atoms with E-state index in [1.165, 1.54) is 0 Å². The van der Waals surface area contributed by atoms with Gasteiger partial charge in [-0.25, -0.2) is 0 Å². The summed E-state index contributed by atoms with van der Waals surface area (Å²) in [7, 11) is 0. The van der Waals surface area contributed by atoms with Crippen LogP contribution in [0.5, 0.6) is 0 Å². The van der Waals surface area contributed by atoms with Gasteiger partial charge in [0, 0.05) is 6.04 Å². The van der Waals surface area contributed by atoms with E-state index in [-0.39, 0.29) is 18.0 Å². The maximum atomic E-state index is 10.7. The molecule has 11 heavy (non-hydrogen) atoms. The monoisotopic (exact) mass is 159 g/mol. The summed E-state index contributed by atoms with van der Waals surface area (Å²) in [5.74, 6) is -0.329. The normalized spacial score (nSPS) is 13.5. The predicted molar refractivity (Wildman–Crippen MR) is 44.9 cm³/mol. The van der Waals surface area contributed by atoms with Crippen LogP contribution in [-0.4, -0.2) is 24.5 Å². The fraction of sp³-hybridized carbons (Fsp3) is 0.857. The summed E-state index contributed by atoms with van der Waals surface area (Å²) in [5, 5.41) is 3.03. The van der Waals surface area contributed by atoms with Gasteiger partial charge in [-0.1, -0.05) is 13.8 Å². The van der Waals surface area contributed by atoms with Crippen LogP contribution in [0, 0.1) is 0 Å². The highest BCUT2D eigenvalue weighted by Gasteiger charge is 2.13. The van der Waals surface area contributed by atoms with E-state index in [0.717, 1.165) is 0 Å². The van der Waals surface area contributed by atoms with E-state index in [2.05, 4.69) is 5.32 Å². The molecule has 0 aromatic rings. The van der Waals surface area contributed by atoms with Gasteiger partial charge in [0.15, 0.2) is 0 Å². The number of amides is 1. The summed E-state index contributed by atoms with van der Waals surface area (Å²) in [6.45, 7) is 4.41. The molecule has 0 aliphatic carbocycles. The zero-order chi connectivity index (χ0) is 8.85. The van der Waals surface area contributed by atoms with Gasteiger partial charge in [0.25, 0.3) is 0 Å². The van der Waals surface area contributed by atoms with Gasteiger partial charge < -0.3 is 16.8 Å². The summed E-state index contributed by atoms with van der Waals surface area (Å²) in [6, 6.07) is -0.0148. The maximum absolute atomic E-state index is 10.7. The molecule has 0 aliphatic heterocycles. The molecule has 0 aromatic heterocycles. The highest BCUT2D eigenvalue weighted by molar-refractivity contribution is 5.79. The van der Waals surface area contributed by atoms with Crippen molar-refractivity contribution >= 4 is 5.91 Å². The molecule has 66 valence electrons. The van der Waals surface area contributed by atoms with E-state index in [1.54, 1.807) is 0 Å². The lowest BCUT2D eigenvalue weighted by molar-refractivity contribution is -0.120. The molecule has 0 rings (SSSR count). The largest absolute Gasteiger partial charge is 0.368 e. The van der Waals surface area contributed by atoms with E-state index in [1.807, 2.05) is 13.8 Å². The molecule has 5 N–H and O–H groups in total. The summed E-state index contributed by atoms with van der Waals surface area (Å²) in [5.41, 5.74) is 10.4. The molecule has 4 heteroatoms. The summed E-state index contributed by atoms with van der Waals surface area (Å²) in [4.78, 5) is 10.7. The fourth-order valence-electron chi connectivity index (χ4n) is 0.877. The van der Waals surface area contributed by atoms with Gasteiger partial charge in [0.2, 0.25) is 5.91 Å². The Morgan fingerprint density at radius 2 is 2.09 bits per heavy atom. The van der Waals surface area contributed by atoms with Gasteiger partial charge in [0.05, 0.1) is 6.04 Å². The van der Waals surface area contributed by atoms with E-state index >= 15 is 0 Å². The molecule has 0 heterocycles. The predicted octanol–water partition coefficient (Wildman–Crippen LogP) is -0.813. The average molecular weight is 159 g/mol. The highest BCUT2D eigenvalue weighted by atomic mass is 16.1. The molecule has 1 atom stereocenters. The Kier molecular flexibility index (Phi) is 4.81. The maximum Gasteiger partial charge on any atom is 0.234 e. The third kappa shape index (κ3) is 4.75. The van der Waals surface area contributed by atoms with E-state index in [4.69, 9.17) is 11.5 Å². The van der Waals surface area contributed by atoms with E-state index in [9.17, 15) is 4.79 Å². The SMILES string of the molecule is CC(C)NC(CCN)C(N)=O. The van der Waals surface area contributed by atoms with Crippen LogP contribution in [0.4, 0.5) is 0 Å². The number of nitrogens with two attached hydrogens (primary N) is 2. The van der Waals surface area contributed by atoms with Crippen molar-refractivity contribution in [2.75, 3.05) is 6.54 Å². The third-order valence-corrected chi connectivity index (χ3v) is 1.33. The Morgan fingerprint density at radius 1 is 1.55 bits per heavy atom. The van der Waals surface area contributed by atoms with Crippen molar-refractivity contribution in [3.63, 3.8) is 0 Å². The first-order valence-electron chi connectivity index (χ1n) is 3.83. The second-order valence-electron chi connectivity index (χ2n) is 2.85. The topological polar surface area (TPSA) is 81.1 Å². The summed E-state index contributed by atoms with van der Waals surface area (Å²) >= 11 is 0. The second kappa shape index (κ2) is 5.09. The molecule has 0 spiro atoms. The Morgan fingerprint density at radius 3 is 2.36 bits per heavy atom. The summed E-state index contributed by atoms with van der Waals surface area (Å²) < 4.78 is 0. The minimum absolute atomic E-state index is 0.263. The zero-order valence-corrected chi connectivity index (χ0v) is 7.13. The Labute approximate surface area is 67.3 Å². The lowest BCUT2D eigenvalue weighted by Crippen LogP contribution is -2.45. The number of carbonyl (C=O) groups is 1. The number of carbonyl (C=O) groups excluding carboxylic acids is 1. The van der Waals surface area contributed by atoms with Crippen LogP contribution >= 0.6 is 0 Å². The molecule has 0 radical (unpaired) electrons. The quantitative estimate of drug-likeness (QED) is 0.490. The molecule has 0 bridgehead atoms. The van der Waals surface area contributed by atoms with Crippen LogP contribution in [0.2, 0.25) is 0 Å². The molecule has 0 saturated heterocycles. The first-order chi connectivity index (χ1) is 5.07. The van der Waals surface area contributed by atoms with Crippen molar-refractivity contribution < 1.29 is 4.79 Å². The Hall–Kier alpha value is -0.610. The van der Waals surface area contributed by atoms with Crippen LogP contribution in [0.25, 0.3) is 0 Å². The number of hydrogen-bond acceptors (Lipinski definition) is 3. The fourth-order valence-corrected chi connectivity index (χ4v) is 0.877. The lowest BCUT2D eigenvalue weighted by atomic mass is 10.2. The molecule has 0 aromatic carbocycles. The zero-order valence-electron chi connectivity index (χ0n) is 7.13. The third-order valence-electron chi connectivity index (χ3n) is 1.33. The number of rotatable bonds is 5. The van der Waals surface area contributed by atoms with Gasteiger partial charge in [-0.05, 0) is 13.0 Å². The van der Waals surface area contributed by atoms with Gasteiger partial charge >= 0.3 is 0 Å². The molecule has 0 fully saturated rings. The van der Waals surface area contributed by atoms with Crippen LogP contribution in [-0.2, 0) is 4.79 Å². The van der Waals surface area contributed by atoms with Crippen molar-refractivity contribution in [3.05, 3.63) is 0 Å². The lowest BCUT2D eigenvalue weighted by Gasteiger charge is -2.16. The van der Waals surface area contributed by atoms with E-state index in [0.29, 0.717) is 13.0 Å². The summed E-state index contributed by atoms with van der Waals surface area (Å²) in [6.07, 6.45) is 0.605. The number of nitrogens with one attached hydrogen (secondary N) is 1. The van der Waals surface area contributed by atoms with Crippen LogP contribution in [0.1, 0.15) is 20.3 Å². The smallest absolute Gasteiger partial charge is 0.234 e. The molecule has 4 nitrogen and oxygen atoms in total. The minimum Gasteiger partial charge on any atom is -0.368 e. The van der Waals surface area contributed by atoms with Crippen molar-refractivity contribution in [2.24, 2.45) is 11.5 Å². The number of hydrogen-bond donors (Lipinski definition) is 3. The standard InChI is InChI=1S/C7H17N3O/c1-5(2)10-6(3-4-8)7(9)11/h5-6,10H,3-4,8H2,1-2H3,(H2,9,11). The van der Waals surface area contributed by atoms with E-state index < -0.39 is 0 Å². The van der Waals surface area contributed by atoms with Gasteiger partial charge in [-0.15, -0.1) is 0 Å². The van der Waals surface area contributed by atoms with Crippen molar-refractivity contribution in [1.82, 2.24) is 5.32 Å². The molecule has 0 aliphatic rings. The highest BCUT2D eigenvalue weighted by Crippen LogP contribution is 1.91. The second-order valence-corrected chi connectivity index (χ2v) is 2.85. The molecule has 1 amide bonds. The van der Waals surface area contributed by atoms with Crippen molar-refractivity contribution in [2.45, 2.75) is 32.4 Å².